The summed E-state index contributed by atoms with van der Waals surface area (Å²) in [7, 11) is -0.0551. The zero-order chi connectivity index (χ0) is 16.0. The minimum Gasteiger partial charge on any atom is -0.316 e. The van der Waals surface area contributed by atoms with Crippen LogP contribution in [0.1, 0.15) is 18.9 Å². The predicted octanol–water partition coefficient (Wildman–Crippen LogP) is 2.82. The van der Waals surface area contributed by atoms with Gasteiger partial charge in [0.2, 0.25) is 10.0 Å². The van der Waals surface area contributed by atoms with Crippen LogP contribution in [0.25, 0.3) is 0 Å². The van der Waals surface area contributed by atoms with Gasteiger partial charge >= 0.3 is 0 Å². The Morgan fingerprint density at radius 3 is 2.57 bits per heavy atom. The van der Waals surface area contributed by atoms with Crippen LogP contribution in [0.3, 0.4) is 0 Å². The first-order valence-corrected chi connectivity index (χ1v) is 9.99. The first-order chi connectivity index (χ1) is 9.88. The number of benzene rings is 1. The number of rotatable bonds is 8. The third-order valence-corrected chi connectivity index (χ3v) is 6.39. The number of nitrogens with one attached hydrogen (secondary N) is 1. The minimum atomic E-state index is -3.51. The highest BCUT2D eigenvalue weighted by Gasteiger charge is 2.27. The first kappa shape index (κ1) is 18.8. The highest BCUT2D eigenvalue weighted by molar-refractivity contribution is 7.98. The highest BCUT2D eigenvalue weighted by Crippen LogP contribution is 2.25. The number of nitrogens with zero attached hydrogens (tertiary/aromatic N) is 1. The van der Waals surface area contributed by atoms with Crippen molar-refractivity contribution in [2.75, 3.05) is 26.1 Å². The summed E-state index contributed by atoms with van der Waals surface area (Å²) in [6.07, 6.45) is 2.76. The summed E-state index contributed by atoms with van der Waals surface area (Å²) in [4.78, 5) is 0.245. The van der Waals surface area contributed by atoms with Gasteiger partial charge in [0.05, 0.1) is 4.90 Å². The molecular weight excluding hydrogens is 328 g/mol. The molecule has 120 valence electrons. The quantitative estimate of drug-likeness (QED) is 0.783. The van der Waals surface area contributed by atoms with Gasteiger partial charge in [-0.3, -0.25) is 0 Å². The van der Waals surface area contributed by atoms with Crippen LogP contribution in [0.15, 0.2) is 23.1 Å². The smallest absolute Gasteiger partial charge is 0.243 e. The third-order valence-electron chi connectivity index (χ3n) is 3.41. The second-order valence-electron chi connectivity index (χ2n) is 4.82. The third kappa shape index (κ3) is 4.60. The molecule has 1 unspecified atom stereocenters. The molecule has 4 nitrogen and oxygen atoms in total. The zero-order valence-electron chi connectivity index (χ0n) is 12.9. The molecule has 0 fully saturated rings. The maximum atomic E-state index is 12.7. The molecule has 1 atom stereocenters. The van der Waals surface area contributed by atoms with Crippen molar-refractivity contribution in [1.29, 1.82) is 0 Å². The van der Waals surface area contributed by atoms with Gasteiger partial charge in [0.1, 0.15) is 0 Å². The molecule has 1 N–H and O–H groups in total. The van der Waals surface area contributed by atoms with Gasteiger partial charge in [0.15, 0.2) is 0 Å². The van der Waals surface area contributed by atoms with Crippen molar-refractivity contribution in [1.82, 2.24) is 9.62 Å². The molecule has 0 saturated heterocycles. The van der Waals surface area contributed by atoms with Gasteiger partial charge in [-0.15, -0.1) is 0 Å². The topological polar surface area (TPSA) is 49.4 Å². The van der Waals surface area contributed by atoms with Crippen LogP contribution in [-0.2, 0) is 16.6 Å². The normalized spacial score (nSPS) is 13.6. The fourth-order valence-corrected chi connectivity index (χ4v) is 4.76. The highest BCUT2D eigenvalue weighted by atomic mass is 35.5. The van der Waals surface area contributed by atoms with E-state index in [0.717, 1.165) is 17.7 Å². The molecule has 0 amide bonds. The summed E-state index contributed by atoms with van der Waals surface area (Å²) >= 11 is 7.81. The Morgan fingerprint density at radius 2 is 2.10 bits per heavy atom. The lowest BCUT2D eigenvalue weighted by molar-refractivity contribution is 0.385. The minimum absolute atomic E-state index is 0.0132. The number of thioether (sulfide) groups is 1. The van der Waals surface area contributed by atoms with Gasteiger partial charge in [0, 0.05) is 30.4 Å². The van der Waals surface area contributed by atoms with Crippen molar-refractivity contribution in [3.8, 4) is 0 Å². The van der Waals surface area contributed by atoms with E-state index in [9.17, 15) is 8.42 Å². The molecule has 7 heteroatoms. The molecule has 0 spiro atoms. The van der Waals surface area contributed by atoms with Gasteiger partial charge in [-0.2, -0.15) is 16.1 Å². The number of hydrogen-bond acceptors (Lipinski definition) is 4. The van der Waals surface area contributed by atoms with Gasteiger partial charge in [0.25, 0.3) is 0 Å². The molecule has 0 aliphatic rings. The van der Waals surface area contributed by atoms with E-state index >= 15 is 0 Å². The van der Waals surface area contributed by atoms with Gasteiger partial charge in [-0.25, -0.2) is 8.42 Å². The zero-order valence-corrected chi connectivity index (χ0v) is 15.3. The first-order valence-electron chi connectivity index (χ1n) is 6.78. The monoisotopic (exact) mass is 350 g/mol. The molecule has 0 radical (unpaired) electrons. The van der Waals surface area contributed by atoms with E-state index in [1.807, 2.05) is 20.2 Å². The number of sulfonamides is 1. The fourth-order valence-electron chi connectivity index (χ4n) is 2.06. The van der Waals surface area contributed by atoms with Crippen LogP contribution < -0.4 is 5.32 Å². The lowest BCUT2D eigenvalue weighted by Gasteiger charge is -2.26. The Bertz CT molecular complexity index is 564. The summed E-state index contributed by atoms with van der Waals surface area (Å²) in [6, 6.07) is 4.90. The molecular formula is C14H23ClN2O2S2. The standard InChI is InChI=1S/C14H23ClN2O2S2/c1-5-12(10-20-4)17(3)21(18,19)13-7-6-11(9-16-2)14(15)8-13/h6-8,12,16H,5,9-10H2,1-4H3. The van der Waals surface area contributed by atoms with Crippen molar-refractivity contribution in [3.63, 3.8) is 0 Å². The maximum Gasteiger partial charge on any atom is 0.243 e. The van der Waals surface area contributed by atoms with Crippen molar-refractivity contribution >= 4 is 33.4 Å². The summed E-state index contributed by atoms with van der Waals surface area (Å²) in [6.45, 7) is 2.61. The fraction of sp³-hybridized carbons (Fsp3) is 0.571. The average Bonchev–Trinajstić information content (AvgIpc) is 2.46. The van der Waals surface area contributed by atoms with E-state index in [-0.39, 0.29) is 10.9 Å². The SMILES string of the molecule is CCC(CSC)N(C)S(=O)(=O)c1ccc(CNC)c(Cl)c1. The molecule has 1 aromatic carbocycles. The van der Waals surface area contributed by atoms with E-state index < -0.39 is 10.0 Å². The second kappa shape index (κ2) is 8.39. The van der Waals surface area contributed by atoms with Crippen LogP contribution in [0.4, 0.5) is 0 Å². The van der Waals surface area contributed by atoms with Crippen LogP contribution in [-0.4, -0.2) is 44.9 Å². The van der Waals surface area contributed by atoms with Crippen molar-refractivity contribution in [2.45, 2.75) is 30.8 Å². The lowest BCUT2D eigenvalue weighted by atomic mass is 10.2. The lowest BCUT2D eigenvalue weighted by Crippen LogP contribution is -2.38. The molecule has 0 heterocycles. The Hall–Kier alpha value is -0.270. The van der Waals surface area contributed by atoms with Gasteiger partial charge < -0.3 is 5.32 Å². The van der Waals surface area contributed by atoms with Gasteiger partial charge in [-0.1, -0.05) is 24.6 Å². The second-order valence-corrected chi connectivity index (χ2v) is 8.14. The Morgan fingerprint density at radius 1 is 1.43 bits per heavy atom. The van der Waals surface area contributed by atoms with Crippen molar-refractivity contribution in [2.24, 2.45) is 0 Å². The van der Waals surface area contributed by atoms with Crippen LogP contribution in [0.2, 0.25) is 5.02 Å². The Balaban J connectivity index is 3.09. The van der Waals surface area contributed by atoms with E-state index in [2.05, 4.69) is 5.32 Å². The van der Waals surface area contributed by atoms with Gasteiger partial charge in [-0.05, 0) is 37.4 Å². The number of halogens is 1. The molecule has 0 aliphatic heterocycles. The van der Waals surface area contributed by atoms with Crippen molar-refractivity contribution < 1.29 is 8.42 Å². The van der Waals surface area contributed by atoms with E-state index in [1.165, 1.54) is 10.4 Å². The van der Waals surface area contributed by atoms with Crippen LogP contribution in [0.5, 0.6) is 0 Å². The molecule has 1 aromatic rings. The van der Waals surface area contributed by atoms with Crippen LogP contribution >= 0.6 is 23.4 Å². The molecule has 0 bridgehead atoms. The van der Waals surface area contributed by atoms with E-state index in [1.54, 1.807) is 30.9 Å². The summed E-state index contributed by atoms with van der Waals surface area (Å²) in [5, 5.41) is 3.47. The molecule has 21 heavy (non-hydrogen) atoms. The summed E-state index contributed by atoms with van der Waals surface area (Å²) in [5.74, 6) is 0.776. The Labute approximate surface area is 137 Å². The Kier molecular flexibility index (Phi) is 7.50. The van der Waals surface area contributed by atoms with Crippen LogP contribution in [0, 0.1) is 0 Å². The predicted molar refractivity (Wildman–Crippen MR) is 91.6 cm³/mol. The molecule has 0 aromatic heterocycles. The summed E-state index contributed by atoms with van der Waals surface area (Å²) in [5.41, 5.74) is 0.886. The van der Waals surface area contributed by atoms with E-state index in [4.69, 9.17) is 11.6 Å². The summed E-state index contributed by atoms with van der Waals surface area (Å²) < 4.78 is 26.8. The maximum absolute atomic E-state index is 12.7. The number of hydrogen-bond donors (Lipinski definition) is 1. The molecule has 1 rings (SSSR count). The largest absolute Gasteiger partial charge is 0.316 e. The van der Waals surface area contributed by atoms with E-state index in [0.29, 0.717) is 11.6 Å². The average molecular weight is 351 g/mol. The van der Waals surface area contributed by atoms with Crippen molar-refractivity contribution in [3.05, 3.63) is 28.8 Å². The molecule has 0 saturated carbocycles. The molecule has 0 aliphatic carbocycles.